The van der Waals surface area contributed by atoms with E-state index in [1.807, 2.05) is 91.3 Å². The Bertz CT molecular complexity index is 1520. The molecule has 7 rings (SSSR count). The Labute approximate surface area is 196 Å². The van der Waals surface area contributed by atoms with Crippen molar-refractivity contribution < 1.29 is 14.0 Å². The molecule has 0 radical (unpaired) electrons. The van der Waals surface area contributed by atoms with E-state index in [-0.39, 0.29) is 0 Å². The van der Waals surface area contributed by atoms with Gasteiger partial charge in [0.2, 0.25) is 0 Å². The summed E-state index contributed by atoms with van der Waals surface area (Å²) < 4.78 is 27.6. The second-order valence-corrected chi connectivity index (χ2v) is 10.9. The van der Waals surface area contributed by atoms with Crippen LogP contribution in [0.5, 0.6) is 23.0 Å². The Hall–Kier alpha value is -4.21. The van der Waals surface area contributed by atoms with Crippen LogP contribution in [-0.2, 0) is 4.57 Å². The molecule has 0 amide bonds. The fourth-order valence-corrected chi connectivity index (χ4v) is 7.74. The number of hydrogen-bond acceptors (Lipinski definition) is 5. The first-order valence-electron chi connectivity index (χ1n) is 10.9. The number of hydrogen-bond donors (Lipinski definition) is 0. The van der Waals surface area contributed by atoms with Crippen LogP contribution in [0, 0.1) is 0 Å². The summed E-state index contributed by atoms with van der Waals surface area (Å²) in [5.41, 5.74) is 3.86. The number of nitrogens with zero attached hydrogens (tertiary/aromatic N) is 2. The Kier molecular flexibility index (Phi) is 4.05. The van der Waals surface area contributed by atoms with Crippen molar-refractivity contribution in [2.75, 3.05) is 0 Å². The molecule has 0 fully saturated rings. The molecular weight excluding hydrogens is 443 g/mol. The first-order chi connectivity index (χ1) is 16.7. The number of pyridine rings is 2. The lowest BCUT2D eigenvalue weighted by molar-refractivity contribution is 0.462. The third-order valence-corrected chi connectivity index (χ3v) is 9.47. The molecule has 2 aliphatic rings. The summed E-state index contributed by atoms with van der Waals surface area (Å²) in [5.74, 6) is 2.33. The van der Waals surface area contributed by atoms with Crippen LogP contribution in [0.2, 0.25) is 0 Å². The van der Waals surface area contributed by atoms with Crippen molar-refractivity contribution in [2.24, 2.45) is 0 Å². The molecule has 6 heteroatoms. The van der Waals surface area contributed by atoms with Gasteiger partial charge in [0.15, 0.2) is 7.14 Å². The molecule has 0 atom stereocenters. The minimum Gasteiger partial charge on any atom is -0.456 e. The van der Waals surface area contributed by atoms with Gasteiger partial charge in [-0.2, -0.15) is 0 Å². The van der Waals surface area contributed by atoms with Crippen LogP contribution in [0.25, 0.3) is 22.3 Å². The van der Waals surface area contributed by atoms with Crippen LogP contribution in [-0.4, -0.2) is 9.97 Å². The highest BCUT2D eigenvalue weighted by Crippen LogP contribution is 2.58. The number of aromatic nitrogens is 2. The maximum absolute atomic E-state index is 15.1. The molecule has 0 spiro atoms. The normalized spacial score (nSPS) is 14.1. The standard InChI is InChI=1S/C28H17N2O3P/c31-34-26-10-8-18(20-4-2-12-29-16-20)14-24(26)32-22-6-1-7-23(28(22)34)33-25-15-19(9-11-27(25)34)21-5-3-13-30-17-21/h1-17H. The summed E-state index contributed by atoms with van der Waals surface area (Å²) >= 11 is 0. The second-order valence-electron chi connectivity index (χ2n) is 8.26. The lowest BCUT2D eigenvalue weighted by atomic mass is 10.1. The van der Waals surface area contributed by atoms with E-state index < -0.39 is 7.14 Å². The quantitative estimate of drug-likeness (QED) is 0.312. The maximum Gasteiger partial charge on any atom is 0.185 e. The van der Waals surface area contributed by atoms with Gasteiger partial charge in [0.05, 0.1) is 10.6 Å². The highest BCUT2D eigenvalue weighted by molar-refractivity contribution is 7.86. The van der Waals surface area contributed by atoms with Crippen molar-refractivity contribution in [3.05, 3.63) is 104 Å². The number of ether oxygens (including phenoxy) is 2. The van der Waals surface area contributed by atoms with Gasteiger partial charge >= 0.3 is 0 Å². The van der Waals surface area contributed by atoms with E-state index in [0.717, 1.165) is 22.3 Å². The van der Waals surface area contributed by atoms with E-state index in [1.54, 1.807) is 12.4 Å². The van der Waals surface area contributed by atoms with Crippen molar-refractivity contribution in [2.45, 2.75) is 0 Å². The van der Waals surface area contributed by atoms with Crippen LogP contribution >= 0.6 is 7.14 Å². The van der Waals surface area contributed by atoms with Crippen molar-refractivity contribution in [3.8, 4) is 45.3 Å². The number of fused-ring (bicyclic) bond motifs is 4. The molecule has 0 saturated carbocycles. The Balaban J connectivity index is 1.45. The van der Waals surface area contributed by atoms with E-state index in [2.05, 4.69) is 9.97 Å². The third kappa shape index (κ3) is 2.71. The molecule has 3 aromatic carbocycles. The maximum atomic E-state index is 15.1. The predicted octanol–water partition coefficient (Wildman–Crippen LogP) is 5.66. The van der Waals surface area contributed by atoms with Crippen molar-refractivity contribution in [3.63, 3.8) is 0 Å². The van der Waals surface area contributed by atoms with Crippen molar-refractivity contribution in [1.29, 1.82) is 0 Å². The molecule has 2 aliphatic heterocycles. The lowest BCUT2D eigenvalue weighted by Gasteiger charge is -2.34. The van der Waals surface area contributed by atoms with Gasteiger partial charge in [0, 0.05) is 35.9 Å². The SMILES string of the molecule is O=P12c3ccc(-c4cccnc4)cc3Oc3cccc(c31)Oc1cc(-c3cccnc3)ccc12. The molecule has 5 aromatic rings. The average molecular weight is 460 g/mol. The highest BCUT2D eigenvalue weighted by atomic mass is 31.2. The molecule has 0 N–H and O–H groups in total. The average Bonchev–Trinajstić information content (AvgIpc) is 2.89. The van der Waals surface area contributed by atoms with Crippen LogP contribution in [0.1, 0.15) is 0 Å². The van der Waals surface area contributed by atoms with Gasteiger partial charge in [-0.1, -0.05) is 30.3 Å². The van der Waals surface area contributed by atoms with Gasteiger partial charge in [-0.3, -0.25) is 9.97 Å². The number of rotatable bonds is 2. The van der Waals surface area contributed by atoms with Crippen molar-refractivity contribution in [1.82, 2.24) is 9.97 Å². The largest absolute Gasteiger partial charge is 0.456 e. The molecule has 0 bridgehead atoms. The van der Waals surface area contributed by atoms with Gasteiger partial charge in [-0.05, 0) is 59.7 Å². The minimum absolute atomic E-state index is 0.568. The first kappa shape index (κ1) is 19.3. The van der Waals surface area contributed by atoms with E-state index >= 15 is 4.57 Å². The zero-order valence-electron chi connectivity index (χ0n) is 17.9. The van der Waals surface area contributed by atoms with E-state index in [0.29, 0.717) is 38.9 Å². The molecule has 0 aliphatic carbocycles. The monoisotopic (exact) mass is 460 g/mol. The minimum atomic E-state index is -3.22. The van der Waals surface area contributed by atoms with E-state index in [9.17, 15) is 0 Å². The summed E-state index contributed by atoms with van der Waals surface area (Å²) in [6.07, 6.45) is 7.10. The Morgan fingerprint density at radius 2 is 1.09 bits per heavy atom. The molecule has 0 unspecified atom stereocenters. The zero-order chi connectivity index (χ0) is 22.7. The van der Waals surface area contributed by atoms with Crippen LogP contribution in [0.3, 0.4) is 0 Å². The molecule has 5 nitrogen and oxygen atoms in total. The third-order valence-electron chi connectivity index (χ3n) is 6.30. The molecule has 2 aromatic heterocycles. The fourth-order valence-electron chi connectivity index (χ4n) is 4.72. The van der Waals surface area contributed by atoms with Gasteiger partial charge in [0.25, 0.3) is 0 Å². The molecule has 0 saturated heterocycles. The molecule has 4 heterocycles. The van der Waals surface area contributed by atoms with Crippen LogP contribution in [0.15, 0.2) is 104 Å². The van der Waals surface area contributed by atoms with E-state index in [1.165, 1.54) is 0 Å². The van der Waals surface area contributed by atoms with Crippen LogP contribution in [0.4, 0.5) is 0 Å². The molecule has 34 heavy (non-hydrogen) atoms. The van der Waals surface area contributed by atoms with Gasteiger partial charge < -0.3 is 14.0 Å². The smallest absolute Gasteiger partial charge is 0.185 e. The predicted molar refractivity (Wildman–Crippen MR) is 132 cm³/mol. The summed E-state index contributed by atoms with van der Waals surface area (Å²) in [6.45, 7) is 0. The topological polar surface area (TPSA) is 61.3 Å². The van der Waals surface area contributed by atoms with Gasteiger partial charge in [0.1, 0.15) is 28.3 Å². The van der Waals surface area contributed by atoms with Gasteiger partial charge in [-0.25, -0.2) is 0 Å². The van der Waals surface area contributed by atoms with Gasteiger partial charge in [-0.15, -0.1) is 0 Å². The van der Waals surface area contributed by atoms with E-state index in [4.69, 9.17) is 9.47 Å². The molecule has 162 valence electrons. The fraction of sp³-hybridized carbons (Fsp3) is 0. The number of benzene rings is 3. The van der Waals surface area contributed by atoms with Crippen LogP contribution < -0.4 is 25.4 Å². The molecular formula is C28H17N2O3P. The summed E-state index contributed by atoms with van der Waals surface area (Å²) in [5, 5.41) is 1.98. The summed E-state index contributed by atoms with van der Waals surface area (Å²) in [4.78, 5) is 8.44. The Morgan fingerprint density at radius 1 is 0.559 bits per heavy atom. The van der Waals surface area contributed by atoms with Crippen molar-refractivity contribution >= 4 is 23.1 Å². The Morgan fingerprint density at radius 3 is 1.56 bits per heavy atom. The lowest BCUT2D eigenvalue weighted by Crippen LogP contribution is -2.35. The first-order valence-corrected chi connectivity index (χ1v) is 12.6. The summed E-state index contributed by atoms with van der Waals surface area (Å²) in [7, 11) is -3.22. The highest BCUT2D eigenvalue weighted by Gasteiger charge is 2.46. The zero-order valence-corrected chi connectivity index (χ0v) is 18.8. The second kappa shape index (κ2) is 7.14. The summed E-state index contributed by atoms with van der Waals surface area (Å²) in [6, 6.07) is 25.0.